The number of aromatic nitrogens is 1. The molecule has 5 nitrogen and oxygen atoms in total. The molecule has 0 aliphatic carbocycles. The van der Waals surface area contributed by atoms with Gasteiger partial charge in [-0.05, 0) is 18.1 Å². The van der Waals surface area contributed by atoms with Crippen LogP contribution in [0.15, 0.2) is 18.3 Å². The molecule has 1 aromatic rings. The van der Waals surface area contributed by atoms with E-state index in [0.717, 1.165) is 6.61 Å². The lowest BCUT2D eigenvalue weighted by molar-refractivity contribution is 0.0601. The quantitative estimate of drug-likeness (QED) is 0.593. The van der Waals surface area contributed by atoms with Gasteiger partial charge < -0.3 is 14.8 Å². The molecule has 0 saturated heterocycles. The van der Waals surface area contributed by atoms with Gasteiger partial charge in [-0.3, -0.25) is 0 Å². The normalized spacial score (nSPS) is 10.4. The van der Waals surface area contributed by atoms with Gasteiger partial charge in [-0.1, -0.05) is 13.8 Å². The summed E-state index contributed by atoms with van der Waals surface area (Å²) in [5.74, 6) is 0.650. The fourth-order valence-electron chi connectivity index (χ4n) is 1.38. The third-order valence-corrected chi connectivity index (χ3v) is 2.20. The van der Waals surface area contributed by atoms with Crippen LogP contribution < -0.4 is 5.32 Å². The maximum atomic E-state index is 11.5. The Morgan fingerprint density at radius 1 is 1.50 bits per heavy atom. The number of methoxy groups -OCH3 is 1. The smallest absolute Gasteiger partial charge is 0.341 e. The first-order chi connectivity index (χ1) is 8.65. The molecule has 1 N–H and O–H groups in total. The highest BCUT2D eigenvalue weighted by Crippen LogP contribution is 2.11. The van der Waals surface area contributed by atoms with Crippen molar-refractivity contribution >= 4 is 11.8 Å². The van der Waals surface area contributed by atoms with Crippen molar-refractivity contribution in [2.75, 3.05) is 32.2 Å². The standard InChI is InChI=1S/C13H20N2O3/c1-10(2)9-18-8-7-15-12-11(13(16)17-3)5-4-6-14-12/h4-6,10H,7-9H2,1-3H3,(H,14,15). The van der Waals surface area contributed by atoms with Crippen molar-refractivity contribution in [2.45, 2.75) is 13.8 Å². The van der Waals surface area contributed by atoms with E-state index in [-0.39, 0.29) is 0 Å². The van der Waals surface area contributed by atoms with Crippen LogP contribution in [0.1, 0.15) is 24.2 Å². The van der Waals surface area contributed by atoms with Crippen LogP contribution in [0, 0.1) is 5.92 Å². The van der Waals surface area contributed by atoms with Gasteiger partial charge in [0.05, 0.1) is 13.7 Å². The molecule has 0 unspecified atom stereocenters. The molecule has 0 atom stereocenters. The molecule has 0 bridgehead atoms. The van der Waals surface area contributed by atoms with Gasteiger partial charge in [-0.25, -0.2) is 9.78 Å². The summed E-state index contributed by atoms with van der Waals surface area (Å²) in [4.78, 5) is 15.6. The first-order valence-electron chi connectivity index (χ1n) is 6.00. The van der Waals surface area contributed by atoms with Crippen molar-refractivity contribution in [3.8, 4) is 0 Å². The molecule has 0 aliphatic heterocycles. The number of nitrogens with zero attached hydrogens (tertiary/aromatic N) is 1. The number of pyridine rings is 1. The fraction of sp³-hybridized carbons (Fsp3) is 0.538. The number of nitrogens with one attached hydrogen (secondary N) is 1. The van der Waals surface area contributed by atoms with Crippen LogP contribution in [0.3, 0.4) is 0 Å². The first-order valence-corrected chi connectivity index (χ1v) is 6.00. The summed E-state index contributed by atoms with van der Waals surface area (Å²) in [6.45, 7) is 6.11. The Labute approximate surface area is 108 Å². The molecule has 100 valence electrons. The molecule has 0 aliphatic rings. The van der Waals surface area contributed by atoms with Crippen LogP contribution in [0.25, 0.3) is 0 Å². The molecule has 0 fully saturated rings. The Morgan fingerprint density at radius 3 is 2.94 bits per heavy atom. The summed E-state index contributed by atoms with van der Waals surface area (Å²) in [5, 5.41) is 3.07. The third-order valence-electron chi connectivity index (χ3n) is 2.20. The Hall–Kier alpha value is -1.62. The van der Waals surface area contributed by atoms with E-state index in [4.69, 9.17) is 4.74 Å². The third kappa shape index (κ3) is 4.71. The fourth-order valence-corrected chi connectivity index (χ4v) is 1.38. The van der Waals surface area contributed by atoms with Crippen molar-refractivity contribution in [3.05, 3.63) is 23.9 Å². The highest BCUT2D eigenvalue weighted by molar-refractivity contribution is 5.94. The van der Waals surface area contributed by atoms with Gasteiger partial charge in [0.1, 0.15) is 11.4 Å². The summed E-state index contributed by atoms with van der Waals surface area (Å²) >= 11 is 0. The first kappa shape index (κ1) is 14.4. The van der Waals surface area contributed by atoms with Crippen LogP contribution in [0.5, 0.6) is 0 Å². The van der Waals surface area contributed by atoms with E-state index in [1.165, 1.54) is 7.11 Å². The minimum atomic E-state index is -0.395. The van der Waals surface area contributed by atoms with Crippen molar-refractivity contribution in [1.82, 2.24) is 4.98 Å². The van der Waals surface area contributed by atoms with Gasteiger partial charge in [0.2, 0.25) is 0 Å². The Bertz CT molecular complexity index is 380. The molecular formula is C13H20N2O3. The summed E-state index contributed by atoms with van der Waals surface area (Å²) in [7, 11) is 1.35. The molecule has 1 rings (SSSR count). The largest absolute Gasteiger partial charge is 0.465 e. The average Bonchev–Trinajstić information content (AvgIpc) is 2.37. The number of anilines is 1. The van der Waals surface area contributed by atoms with E-state index in [0.29, 0.717) is 30.5 Å². The van der Waals surface area contributed by atoms with Gasteiger partial charge in [0.25, 0.3) is 0 Å². The number of hydrogen-bond acceptors (Lipinski definition) is 5. The lowest BCUT2D eigenvalue weighted by Crippen LogP contribution is -2.15. The van der Waals surface area contributed by atoms with Gasteiger partial charge in [-0.2, -0.15) is 0 Å². The zero-order valence-electron chi connectivity index (χ0n) is 11.1. The maximum absolute atomic E-state index is 11.5. The van der Waals surface area contributed by atoms with Gasteiger partial charge in [-0.15, -0.1) is 0 Å². The van der Waals surface area contributed by atoms with E-state index in [1.54, 1.807) is 18.3 Å². The highest BCUT2D eigenvalue weighted by Gasteiger charge is 2.11. The molecular weight excluding hydrogens is 232 g/mol. The van der Waals surface area contributed by atoms with Crippen LogP contribution >= 0.6 is 0 Å². The Morgan fingerprint density at radius 2 is 2.28 bits per heavy atom. The average molecular weight is 252 g/mol. The zero-order valence-corrected chi connectivity index (χ0v) is 11.1. The zero-order chi connectivity index (χ0) is 13.4. The monoisotopic (exact) mass is 252 g/mol. The lowest BCUT2D eigenvalue weighted by Gasteiger charge is -2.10. The Balaban J connectivity index is 2.44. The van der Waals surface area contributed by atoms with Crippen LogP contribution in [-0.2, 0) is 9.47 Å². The van der Waals surface area contributed by atoms with Crippen molar-refractivity contribution in [3.63, 3.8) is 0 Å². The summed E-state index contributed by atoms with van der Waals surface area (Å²) in [5.41, 5.74) is 0.434. The summed E-state index contributed by atoms with van der Waals surface area (Å²) < 4.78 is 10.1. The van der Waals surface area contributed by atoms with E-state index >= 15 is 0 Å². The number of carbonyl (C=O) groups is 1. The number of carbonyl (C=O) groups excluding carboxylic acids is 1. The highest BCUT2D eigenvalue weighted by atomic mass is 16.5. The van der Waals surface area contributed by atoms with E-state index in [1.807, 2.05) is 0 Å². The van der Waals surface area contributed by atoms with Gasteiger partial charge >= 0.3 is 5.97 Å². The van der Waals surface area contributed by atoms with Crippen molar-refractivity contribution in [2.24, 2.45) is 5.92 Å². The number of ether oxygens (including phenoxy) is 2. The minimum absolute atomic E-state index is 0.395. The number of rotatable bonds is 7. The SMILES string of the molecule is COC(=O)c1cccnc1NCCOCC(C)C. The van der Waals surface area contributed by atoms with Crippen LogP contribution in [-0.4, -0.2) is 37.8 Å². The van der Waals surface area contributed by atoms with E-state index < -0.39 is 5.97 Å². The molecule has 0 spiro atoms. The second kappa shape index (κ2) is 7.66. The topological polar surface area (TPSA) is 60.5 Å². The molecule has 0 aromatic carbocycles. The Kier molecular flexibility index (Phi) is 6.14. The number of hydrogen-bond donors (Lipinski definition) is 1. The van der Waals surface area contributed by atoms with Crippen molar-refractivity contribution in [1.29, 1.82) is 0 Å². The van der Waals surface area contributed by atoms with Crippen molar-refractivity contribution < 1.29 is 14.3 Å². The molecule has 5 heteroatoms. The predicted molar refractivity (Wildman–Crippen MR) is 69.7 cm³/mol. The minimum Gasteiger partial charge on any atom is -0.465 e. The van der Waals surface area contributed by atoms with E-state index in [9.17, 15) is 4.79 Å². The van der Waals surface area contributed by atoms with Gasteiger partial charge in [0.15, 0.2) is 0 Å². The van der Waals surface area contributed by atoms with Gasteiger partial charge in [0, 0.05) is 19.3 Å². The summed E-state index contributed by atoms with van der Waals surface area (Å²) in [6.07, 6.45) is 1.63. The second-order valence-corrected chi connectivity index (χ2v) is 4.29. The number of esters is 1. The van der Waals surface area contributed by atoms with E-state index in [2.05, 4.69) is 28.9 Å². The molecule has 0 radical (unpaired) electrons. The molecule has 0 saturated carbocycles. The van der Waals surface area contributed by atoms with Crippen LogP contribution in [0.2, 0.25) is 0 Å². The predicted octanol–water partition coefficient (Wildman–Crippen LogP) is 1.95. The van der Waals surface area contributed by atoms with Crippen LogP contribution in [0.4, 0.5) is 5.82 Å². The molecule has 0 amide bonds. The summed E-state index contributed by atoms with van der Waals surface area (Å²) in [6, 6.07) is 3.38. The molecule has 1 aromatic heterocycles. The second-order valence-electron chi connectivity index (χ2n) is 4.29. The lowest BCUT2D eigenvalue weighted by atomic mass is 10.2. The maximum Gasteiger partial charge on any atom is 0.341 e. The molecule has 1 heterocycles. The molecule has 18 heavy (non-hydrogen) atoms.